The first-order valence-corrected chi connectivity index (χ1v) is 19.1. The summed E-state index contributed by atoms with van der Waals surface area (Å²) in [5.74, 6) is 0. The number of anilines is 6. The van der Waals surface area contributed by atoms with Gasteiger partial charge < -0.3 is 9.80 Å². The first-order valence-electron chi connectivity index (χ1n) is 19.1. The largest absolute Gasteiger partial charge is 0.310 e. The summed E-state index contributed by atoms with van der Waals surface area (Å²) in [5, 5.41) is 4.90. The first-order chi connectivity index (χ1) is 27.1. The molecule has 1 aliphatic heterocycles. The molecular formula is C53H40N2. The van der Waals surface area contributed by atoms with Crippen LogP contribution in [0, 0.1) is 0 Å². The highest BCUT2D eigenvalue weighted by Crippen LogP contribution is 2.57. The van der Waals surface area contributed by atoms with Gasteiger partial charge in [-0.15, -0.1) is 0 Å². The number of fused-ring (bicyclic) bond motifs is 4. The van der Waals surface area contributed by atoms with E-state index in [1.807, 2.05) is 0 Å². The van der Waals surface area contributed by atoms with Crippen LogP contribution in [0.3, 0.4) is 0 Å². The Balaban J connectivity index is 1.17. The molecule has 10 rings (SSSR count). The number of hydrogen-bond donors (Lipinski definition) is 0. The Kier molecular flexibility index (Phi) is 7.85. The zero-order valence-electron chi connectivity index (χ0n) is 31.0. The lowest BCUT2D eigenvalue weighted by Crippen LogP contribution is -2.31. The molecule has 0 aliphatic carbocycles. The van der Waals surface area contributed by atoms with Gasteiger partial charge in [-0.25, -0.2) is 0 Å². The van der Waals surface area contributed by atoms with Gasteiger partial charge in [-0.1, -0.05) is 178 Å². The smallest absolute Gasteiger partial charge is 0.0618 e. The van der Waals surface area contributed by atoms with Crippen LogP contribution in [0.15, 0.2) is 206 Å². The molecule has 0 radical (unpaired) electrons. The molecule has 1 heterocycles. The standard InChI is InChI=1S/C53H40N2/c1-53(2)47-27-13-14-28-49(47)55(52-45-25-12-10-20-39(45)33-36-46(52)38-17-5-3-6-18-38)50-30-16-26-44(51(50)53)40-31-34-42(35-32-40)54(41-22-7-4-8-23-41)48-29-15-21-37-19-9-11-24-43(37)48/h3-36H,1-2H3. The van der Waals surface area contributed by atoms with E-state index in [2.05, 4.69) is 230 Å². The van der Waals surface area contributed by atoms with Crippen molar-refractivity contribution >= 4 is 55.7 Å². The minimum Gasteiger partial charge on any atom is -0.310 e. The maximum absolute atomic E-state index is 2.54. The second-order valence-corrected chi connectivity index (χ2v) is 14.9. The van der Waals surface area contributed by atoms with Crippen LogP contribution in [0.25, 0.3) is 43.8 Å². The van der Waals surface area contributed by atoms with E-state index in [9.17, 15) is 0 Å². The molecule has 0 bridgehead atoms. The van der Waals surface area contributed by atoms with Gasteiger partial charge in [-0.3, -0.25) is 0 Å². The van der Waals surface area contributed by atoms with E-state index >= 15 is 0 Å². The zero-order valence-corrected chi connectivity index (χ0v) is 31.0. The fraction of sp³-hybridized carbons (Fsp3) is 0.0566. The molecule has 1 aliphatic rings. The SMILES string of the molecule is CC1(C)c2ccccc2N(c2c(-c3ccccc3)ccc3ccccc23)c2cccc(-c3ccc(N(c4ccccc4)c4cccc5ccccc45)cc3)c21. The van der Waals surface area contributed by atoms with Crippen molar-refractivity contribution in [1.82, 2.24) is 0 Å². The highest BCUT2D eigenvalue weighted by molar-refractivity contribution is 6.08. The molecule has 0 saturated heterocycles. The molecule has 2 nitrogen and oxygen atoms in total. The molecule has 9 aromatic carbocycles. The van der Waals surface area contributed by atoms with Gasteiger partial charge in [0.25, 0.3) is 0 Å². The van der Waals surface area contributed by atoms with E-state index in [4.69, 9.17) is 0 Å². The summed E-state index contributed by atoms with van der Waals surface area (Å²) >= 11 is 0. The van der Waals surface area contributed by atoms with Gasteiger partial charge in [0.05, 0.1) is 22.7 Å². The van der Waals surface area contributed by atoms with Gasteiger partial charge in [-0.05, 0) is 81.1 Å². The minimum absolute atomic E-state index is 0.270. The van der Waals surface area contributed by atoms with Gasteiger partial charge in [0.15, 0.2) is 0 Å². The molecule has 55 heavy (non-hydrogen) atoms. The Bertz CT molecular complexity index is 2830. The molecule has 0 atom stereocenters. The summed E-state index contributed by atoms with van der Waals surface area (Å²) in [6, 6.07) is 75.1. The van der Waals surface area contributed by atoms with Crippen molar-refractivity contribution in [3.8, 4) is 22.3 Å². The molecule has 2 heteroatoms. The first kappa shape index (κ1) is 32.7. The Morgan fingerprint density at radius 1 is 0.400 bits per heavy atom. The third-order valence-corrected chi connectivity index (χ3v) is 11.4. The number of nitrogens with zero attached hydrogens (tertiary/aromatic N) is 2. The Hall–Kier alpha value is -6.90. The van der Waals surface area contributed by atoms with Gasteiger partial charge in [0, 0.05) is 33.1 Å². The van der Waals surface area contributed by atoms with E-state index in [1.165, 1.54) is 72.0 Å². The zero-order chi connectivity index (χ0) is 36.9. The molecule has 0 amide bonds. The normalized spacial score (nSPS) is 13.0. The minimum atomic E-state index is -0.270. The van der Waals surface area contributed by atoms with E-state index in [-0.39, 0.29) is 5.41 Å². The summed E-state index contributed by atoms with van der Waals surface area (Å²) in [6.45, 7) is 4.78. The highest BCUT2D eigenvalue weighted by atomic mass is 15.2. The van der Waals surface area contributed by atoms with Crippen LogP contribution in [-0.2, 0) is 5.41 Å². The maximum Gasteiger partial charge on any atom is 0.0618 e. The van der Waals surface area contributed by atoms with Crippen LogP contribution in [0.1, 0.15) is 25.0 Å². The van der Waals surface area contributed by atoms with E-state index in [1.54, 1.807) is 0 Å². The predicted molar refractivity (Wildman–Crippen MR) is 234 cm³/mol. The lowest BCUT2D eigenvalue weighted by molar-refractivity contribution is 0.634. The molecule has 9 aromatic rings. The highest BCUT2D eigenvalue weighted by Gasteiger charge is 2.39. The summed E-state index contributed by atoms with van der Waals surface area (Å²) in [7, 11) is 0. The molecule has 0 spiro atoms. The van der Waals surface area contributed by atoms with Crippen LogP contribution in [0.2, 0.25) is 0 Å². The second kappa shape index (κ2) is 13.2. The van der Waals surface area contributed by atoms with Crippen molar-refractivity contribution in [1.29, 1.82) is 0 Å². The van der Waals surface area contributed by atoms with Crippen molar-refractivity contribution in [3.05, 3.63) is 217 Å². The third kappa shape index (κ3) is 5.41. The van der Waals surface area contributed by atoms with Gasteiger partial charge in [0.2, 0.25) is 0 Å². The lowest BCUT2D eigenvalue weighted by atomic mass is 9.70. The van der Waals surface area contributed by atoms with Crippen LogP contribution in [0.4, 0.5) is 34.1 Å². The van der Waals surface area contributed by atoms with Crippen LogP contribution < -0.4 is 9.80 Å². The van der Waals surface area contributed by atoms with Crippen molar-refractivity contribution < 1.29 is 0 Å². The summed E-state index contributed by atoms with van der Waals surface area (Å²) in [5.41, 5.74) is 14.2. The van der Waals surface area contributed by atoms with E-state index < -0.39 is 0 Å². The summed E-state index contributed by atoms with van der Waals surface area (Å²) in [6.07, 6.45) is 0. The Labute approximate surface area is 323 Å². The average Bonchev–Trinajstić information content (AvgIpc) is 3.25. The molecule has 0 unspecified atom stereocenters. The topological polar surface area (TPSA) is 6.48 Å². The Morgan fingerprint density at radius 3 is 1.75 bits per heavy atom. The van der Waals surface area contributed by atoms with E-state index in [0.717, 1.165) is 17.1 Å². The van der Waals surface area contributed by atoms with Crippen LogP contribution in [0.5, 0.6) is 0 Å². The monoisotopic (exact) mass is 704 g/mol. The summed E-state index contributed by atoms with van der Waals surface area (Å²) < 4.78 is 0. The maximum atomic E-state index is 2.54. The summed E-state index contributed by atoms with van der Waals surface area (Å²) in [4.78, 5) is 4.91. The van der Waals surface area contributed by atoms with Crippen molar-refractivity contribution in [3.63, 3.8) is 0 Å². The van der Waals surface area contributed by atoms with Crippen molar-refractivity contribution in [2.24, 2.45) is 0 Å². The second-order valence-electron chi connectivity index (χ2n) is 14.9. The van der Waals surface area contributed by atoms with Crippen molar-refractivity contribution in [2.75, 3.05) is 9.80 Å². The number of hydrogen-bond acceptors (Lipinski definition) is 2. The van der Waals surface area contributed by atoms with Crippen LogP contribution >= 0.6 is 0 Å². The van der Waals surface area contributed by atoms with E-state index in [0.29, 0.717) is 0 Å². The fourth-order valence-electron chi connectivity index (χ4n) is 8.87. The van der Waals surface area contributed by atoms with Gasteiger partial charge in [-0.2, -0.15) is 0 Å². The quantitative estimate of drug-likeness (QED) is 0.170. The lowest BCUT2D eigenvalue weighted by Gasteiger charge is -2.44. The third-order valence-electron chi connectivity index (χ3n) is 11.4. The predicted octanol–water partition coefficient (Wildman–Crippen LogP) is 14.9. The van der Waals surface area contributed by atoms with Gasteiger partial charge >= 0.3 is 0 Å². The number of rotatable bonds is 6. The van der Waals surface area contributed by atoms with Crippen molar-refractivity contribution in [2.45, 2.75) is 19.3 Å². The number of para-hydroxylation sites is 2. The molecule has 0 aromatic heterocycles. The molecular weight excluding hydrogens is 665 g/mol. The van der Waals surface area contributed by atoms with Gasteiger partial charge in [0.1, 0.15) is 0 Å². The van der Waals surface area contributed by atoms with Crippen LogP contribution in [-0.4, -0.2) is 0 Å². The Morgan fingerprint density at radius 2 is 0.964 bits per heavy atom. The fourth-order valence-corrected chi connectivity index (χ4v) is 8.87. The number of benzene rings is 9. The molecule has 0 saturated carbocycles. The molecule has 0 fully saturated rings. The molecule has 0 N–H and O–H groups in total. The molecule has 262 valence electrons. The average molecular weight is 705 g/mol.